The van der Waals surface area contributed by atoms with E-state index in [0.29, 0.717) is 0 Å². The molecule has 2 fully saturated rings. The van der Waals surface area contributed by atoms with Gasteiger partial charge in [0.2, 0.25) is 0 Å². The summed E-state index contributed by atoms with van der Waals surface area (Å²) in [4.78, 5) is 2.73. The van der Waals surface area contributed by atoms with Gasteiger partial charge in [0.15, 0.2) is 0 Å². The lowest BCUT2D eigenvalue weighted by molar-refractivity contribution is 0.140. The number of benzene rings is 1. The second-order valence-electron chi connectivity index (χ2n) is 7.28. The van der Waals surface area contributed by atoms with E-state index in [1.165, 1.54) is 57.1 Å². The topological polar surface area (TPSA) is 15.3 Å². The summed E-state index contributed by atoms with van der Waals surface area (Å²) in [5.41, 5.74) is 4.75. The molecule has 1 aromatic carbocycles. The Labute approximate surface area is 128 Å². The molecule has 2 unspecified atom stereocenters. The fourth-order valence-corrected chi connectivity index (χ4v) is 4.78. The molecule has 0 saturated carbocycles. The number of piperidine rings is 1. The maximum absolute atomic E-state index is 3.77. The Kier molecular flexibility index (Phi) is 3.76. The van der Waals surface area contributed by atoms with E-state index >= 15 is 0 Å². The Balaban J connectivity index is 1.46. The van der Waals surface area contributed by atoms with Gasteiger partial charge in [0.05, 0.1) is 0 Å². The van der Waals surface area contributed by atoms with Crippen LogP contribution < -0.4 is 5.32 Å². The number of nitrogens with one attached hydrogen (secondary N) is 1. The van der Waals surface area contributed by atoms with E-state index in [-0.39, 0.29) is 0 Å². The van der Waals surface area contributed by atoms with Gasteiger partial charge in [0, 0.05) is 24.7 Å². The first-order chi connectivity index (χ1) is 10.3. The molecular weight excluding hydrogens is 256 g/mol. The molecule has 21 heavy (non-hydrogen) atoms. The molecule has 0 amide bonds. The summed E-state index contributed by atoms with van der Waals surface area (Å²) in [6.07, 6.45) is 9.46. The highest BCUT2D eigenvalue weighted by Crippen LogP contribution is 2.31. The van der Waals surface area contributed by atoms with Crippen LogP contribution in [0.1, 0.15) is 55.7 Å². The summed E-state index contributed by atoms with van der Waals surface area (Å²) in [7, 11) is 0. The van der Waals surface area contributed by atoms with Crippen molar-refractivity contribution in [3.63, 3.8) is 0 Å². The zero-order valence-electron chi connectivity index (χ0n) is 13.3. The van der Waals surface area contributed by atoms with Crippen LogP contribution in [0.25, 0.3) is 0 Å². The average Bonchev–Trinajstić information content (AvgIpc) is 3.10. The van der Waals surface area contributed by atoms with Crippen molar-refractivity contribution in [1.29, 1.82) is 0 Å². The number of aryl methyl sites for hydroxylation is 2. The summed E-state index contributed by atoms with van der Waals surface area (Å²) in [6, 6.07) is 9.63. The molecule has 114 valence electrons. The maximum atomic E-state index is 3.77. The maximum Gasteiger partial charge on any atom is 0.0236 e. The molecule has 2 heteroatoms. The van der Waals surface area contributed by atoms with Crippen LogP contribution in [0.4, 0.5) is 0 Å². The van der Waals surface area contributed by atoms with Crippen molar-refractivity contribution in [1.82, 2.24) is 10.2 Å². The zero-order chi connectivity index (χ0) is 14.2. The smallest absolute Gasteiger partial charge is 0.0236 e. The molecule has 2 aliphatic heterocycles. The fourth-order valence-electron chi connectivity index (χ4n) is 4.78. The van der Waals surface area contributed by atoms with Gasteiger partial charge in [0.1, 0.15) is 0 Å². The molecule has 0 spiro atoms. The highest BCUT2D eigenvalue weighted by Gasteiger charge is 2.35. The van der Waals surface area contributed by atoms with E-state index in [1.807, 2.05) is 0 Å². The van der Waals surface area contributed by atoms with Gasteiger partial charge in [-0.3, -0.25) is 4.90 Å². The average molecular weight is 284 g/mol. The normalized spacial score (nSPS) is 30.9. The predicted octanol–water partition coefficient (Wildman–Crippen LogP) is 3.28. The van der Waals surface area contributed by atoms with E-state index in [9.17, 15) is 0 Å². The summed E-state index contributed by atoms with van der Waals surface area (Å²) in [6.45, 7) is 4.66. The van der Waals surface area contributed by atoms with Gasteiger partial charge in [-0.25, -0.2) is 0 Å². The standard InChI is InChI=1S/C19H28N2/c1-2-21(19-11-17-8-9-18(12-19)20-17)13-14-6-7-15-4-3-5-16(15)10-14/h6-7,10,17-20H,2-5,8-9,11-13H2,1H3. The van der Waals surface area contributed by atoms with Crippen molar-refractivity contribution in [2.24, 2.45) is 0 Å². The van der Waals surface area contributed by atoms with Crippen LogP contribution in [0.5, 0.6) is 0 Å². The minimum Gasteiger partial charge on any atom is -0.311 e. The molecule has 2 heterocycles. The molecule has 0 radical (unpaired) electrons. The van der Waals surface area contributed by atoms with E-state index in [1.54, 1.807) is 11.1 Å². The van der Waals surface area contributed by atoms with Crippen LogP contribution in [-0.4, -0.2) is 29.6 Å². The zero-order valence-corrected chi connectivity index (χ0v) is 13.3. The third-order valence-electron chi connectivity index (χ3n) is 5.92. The molecular formula is C19H28N2. The van der Waals surface area contributed by atoms with Crippen LogP contribution in [0.2, 0.25) is 0 Å². The molecule has 1 aromatic rings. The Morgan fingerprint density at radius 2 is 1.86 bits per heavy atom. The first-order valence-electron chi connectivity index (χ1n) is 8.92. The van der Waals surface area contributed by atoms with Crippen molar-refractivity contribution in [3.05, 3.63) is 34.9 Å². The molecule has 2 bridgehead atoms. The van der Waals surface area contributed by atoms with Crippen molar-refractivity contribution < 1.29 is 0 Å². The number of fused-ring (bicyclic) bond motifs is 3. The van der Waals surface area contributed by atoms with Crippen LogP contribution in [0.3, 0.4) is 0 Å². The molecule has 2 atom stereocenters. The minimum atomic E-state index is 0.794. The highest BCUT2D eigenvalue weighted by molar-refractivity contribution is 5.35. The Bertz CT molecular complexity index is 498. The monoisotopic (exact) mass is 284 g/mol. The van der Waals surface area contributed by atoms with Gasteiger partial charge in [-0.2, -0.15) is 0 Å². The van der Waals surface area contributed by atoms with Crippen LogP contribution in [0.15, 0.2) is 18.2 Å². The van der Waals surface area contributed by atoms with Crippen molar-refractivity contribution in [3.8, 4) is 0 Å². The quantitative estimate of drug-likeness (QED) is 0.913. The summed E-state index contributed by atoms with van der Waals surface area (Å²) < 4.78 is 0. The van der Waals surface area contributed by atoms with E-state index in [2.05, 4.69) is 35.3 Å². The predicted molar refractivity (Wildman–Crippen MR) is 87.5 cm³/mol. The lowest BCUT2D eigenvalue weighted by Gasteiger charge is -2.37. The SMILES string of the molecule is CCN(Cc1ccc2c(c1)CCC2)C1CC2CCC(C1)N2. The van der Waals surface area contributed by atoms with Crippen LogP contribution in [-0.2, 0) is 19.4 Å². The number of rotatable bonds is 4. The fraction of sp³-hybridized carbons (Fsp3) is 0.684. The van der Waals surface area contributed by atoms with Crippen molar-refractivity contribution in [2.45, 2.75) is 76.5 Å². The van der Waals surface area contributed by atoms with E-state index < -0.39 is 0 Å². The lowest BCUT2D eigenvalue weighted by Crippen LogP contribution is -2.47. The van der Waals surface area contributed by atoms with Crippen LogP contribution >= 0.6 is 0 Å². The molecule has 0 aromatic heterocycles. The van der Waals surface area contributed by atoms with Crippen molar-refractivity contribution in [2.75, 3.05) is 6.54 Å². The van der Waals surface area contributed by atoms with Crippen LogP contribution in [0, 0.1) is 0 Å². The number of hydrogen-bond acceptors (Lipinski definition) is 2. The largest absolute Gasteiger partial charge is 0.311 e. The number of hydrogen-bond donors (Lipinski definition) is 1. The number of nitrogens with zero attached hydrogens (tertiary/aromatic N) is 1. The van der Waals surface area contributed by atoms with Gasteiger partial charge < -0.3 is 5.32 Å². The minimum absolute atomic E-state index is 0.794. The van der Waals surface area contributed by atoms with E-state index in [0.717, 1.165) is 24.7 Å². The van der Waals surface area contributed by atoms with Gasteiger partial charge in [-0.1, -0.05) is 25.1 Å². The summed E-state index contributed by atoms with van der Waals surface area (Å²) >= 11 is 0. The first kappa shape index (κ1) is 13.8. The van der Waals surface area contributed by atoms with E-state index in [4.69, 9.17) is 0 Å². The summed E-state index contributed by atoms with van der Waals surface area (Å²) in [5, 5.41) is 3.77. The Hall–Kier alpha value is -0.860. The molecule has 2 saturated heterocycles. The highest BCUT2D eigenvalue weighted by atomic mass is 15.2. The van der Waals surface area contributed by atoms with Gasteiger partial charge >= 0.3 is 0 Å². The second-order valence-corrected chi connectivity index (χ2v) is 7.28. The first-order valence-corrected chi connectivity index (χ1v) is 8.92. The third kappa shape index (κ3) is 2.76. The lowest BCUT2D eigenvalue weighted by atomic mass is 9.97. The van der Waals surface area contributed by atoms with Gasteiger partial charge in [-0.05, 0) is 68.2 Å². The second kappa shape index (κ2) is 5.73. The Morgan fingerprint density at radius 1 is 1.10 bits per heavy atom. The Morgan fingerprint density at radius 3 is 2.62 bits per heavy atom. The summed E-state index contributed by atoms with van der Waals surface area (Å²) in [5.74, 6) is 0. The molecule has 1 N–H and O–H groups in total. The molecule has 1 aliphatic carbocycles. The van der Waals surface area contributed by atoms with Gasteiger partial charge in [0.25, 0.3) is 0 Å². The van der Waals surface area contributed by atoms with Crippen molar-refractivity contribution >= 4 is 0 Å². The van der Waals surface area contributed by atoms with Gasteiger partial charge in [-0.15, -0.1) is 0 Å². The molecule has 3 aliphatic rings. The molecule has 2 nitrogen and oxygen atoms in total. The molecule has 4 rings (SSSR count). The third-order valence-corrected chi connectivity index (χ3v) is 5.92.